The highest BCUT2D eigenvalue weighted by atomic mass is 16.5. The maximum Gasteiger partial charge on any atom is 0.295 e. The van der Waals surface area contributed by atoms with E-state index in [1.165, 1.54) is 0 Å². The molecule has 1 aromatic heterocycles. The number of rotatable bonds is 5. The lowest BCUT2D eigenvalue weighted by atomic mass is 9.90. The van der Waals surface area contributed by atoms with Crippen LogP contribution in [0.25, 0.3) is 11.1 Å². The number of aliphatic hydroxyl groups is 1. The number of anilines is 1. The molecule has 140 valence electrons. The highest BCUT2D eigenvalue weighted by molar-refractivity contribution is 6.04. The Balaban J connectivity index is 1.50. The highest BCUT2D eigenvalue weighted by Crippen LogP contribution is 2.27. The van der Waals surface area contributed by atoms with Gasteiger partial charge in [0, 0.05) is 24.7 Å². The van der Waals surface area contributed by atoms with E-state index in [-0.39, 0.29) is 18.6 Å². The number of oxazole rings is 1. The molecule has 1 amide bonds. The van der Waals surface area contributed by atoms with Gasteiger partial charge in [-0.2, -0.15) is 4.98 Å². The second kappa shape index (κ2) is 7.22. The quantitative estimate of drug-likeness (QED) is 0.726. The Kier molecular flexibility index (Phi) is 4.80. The van der Waals surface area contributed by atoms with E-state index >= 15 is 0 Å². The minimum atomic E-state index is -0.133. The zero-order valence-corrected chi connectivity index (χ0v) is 14.8. The number of likely N-dealkylation sites (N-methyl/N-ethyl adjacent to an activating group) is 1. The molecule has 0 aliphatic carbocycles. The fraction of sp³-hybridized carbons (Fsp3) is 0.556. The monoisotopic (exact) mass is 360 g/mol. The predicted octanol–water partition coefficient (Wildman–Crippen LogP) is 0.823. The molecule has 26 heavy (non-hydrogen) atoms. The topological polar surface area (TPSA) is 99.9 Å². The first-order valence-electron chi connectivity index (χ1n) is 9.00. The summed E-state index contributed by atoms with van der Waals surface area (Å²) in [6.45, 7) is 1.76. The molecular weight excluding hydrogens is 336 g/mol. The molecule has 2 atom stereocenters. The van der Waals surface area contributed by atoms with Crippen LogP contribution >= 0.6 is 0 Å². The van der Waals surface area contributed by atoms with Crippen molar-refractivity contribution in [1.82, 2.24) is 15.2 Å². The Hall–Kier alpha value is -2.16. The van der Waals surface area contributed by atoms with Gasteiger partial charge in [-0.05, 0) is 32.0 Å². The number of hydrogen-bond donors (Lipinski definition) is 3. The number of aliphatic hydroxyl groups excluding tert-OH is 1. The van der Waals surface area contributed by atoms with Crippen molar-refractivity contribution < 1.29 is 19.1 Å². The predicted molar refractivity (Wildman–Crippen MR) is 96.2 cm³/mol. The van der Waals surface area contributed by atoms with Gasteiger partial charge in [-0.3, -0.25) is 9.69 Å². The summed E-state index contributed by atoms with van der Waals surface area (Å²) in [4.78, 5) is 19.6. The number of amides is 1. The van der Waals surface area contributed by atoms with E-state index in [1.54, 1.807) is 18.2 Å². The van der Waals surface area contributed by atoms with E-state index in [2.05, 4.69) is 27.6 Å². The number of morpholine rings is 1. The molecule has 3 N–H and O–H groups in total. The second-order valence-corrected chi connectivity index (χ2v) is 6.97. The van der Waals surface area contributed by atoms with Gasteiger partial charge in [0.05, 0.1) is 25.4 Å². The van der Waals surface area contributed by atoms with Gasteiger partial charge in [-0.1, -0.05) is 6.07 Å². The van der Waals surface area contributed by atoms with E-state index in [0.717, 1.165) is 26.1 Å². The number of para-hydroxylation sites is 1. The number of aromatic nitrogens is 1. The average molecular weight is 360 g/mol. The molecule has 8 nitrogen and oxygen atoms in total. The Morgan fingerprint density at radius 3 is 2.85 bits per heavy atom. The number of piperidine rings is 1. The zero-order chi connectivity index (χ0) is 18.1. The fourth-order valence-corrected chi connectivity index (χ4v) is 3.85. The summed E-state index contributed by atoms with van der Waals surface area (Å²) < 4.78 is 11.2. The van der Waals surface area contributed by atoms with Crippen molar-refractivity contribution >= 4 is 23.0 Å². The molecule has 0 saturated carbocycles. The minimum Gasteiger partial charge on any atom is -0.424 e. The molecule has 0 radical (unpaired) electrons. The van der Waals surface area contributed by atoms with Crippen molar-refractivity contribution in [1.29, 1.82) is 0 Å². The van der Waals surface area contributed by atoms with Gasteiger partial charge in [-0.25, -0.2) is 0 Å². The summed E-state index contributed by atoms with van der Waals surface area (Å²) in [6.07, 6.45) is 1.77. The normalized spacial score (nSPS) is 26.0. The number of carbonyl (C=O) groups is 1. The molecule has 2 aliphatic rings. The molecule has 0 spiro atoms. The van der Waals surface area contributed by atoms with Crippen LogP contribution in [0.15, 0.2) is 22.6 Å². The van der Waals surface area contributed by atoms with Crippen molar-refractivity contribution in [2.24, 2.45) is 0 Å². The van der Waals surface area contributed by atoms with Crippen LogP contribution < -0.4 is 10.6 Å². The number of nitrogens with one attached hydrogen (secondary N) is 2. The van der Waals surface area contributed by atoms with Crippen LogP contribution in [-0.2, 0) is 4.74 Å². The van der Waals surface area contributed by atoms with Crippen molar-refractivity contribution in [3.05, 3.63) is 23.8 Å². The third kappa shape index (κ3) is 3.27. The minimum absolute atomic E-state index is 0.0196. The molecular formula is C18H24N4O4. The van der Waals surface area contributed by atoms with Gasteiger partial charge in [0.15, 0.2) is 5.58 Å². The molecule has 1 aromatic carbocycles. The van der Waals surface area contributed by atoms with Gasteiger partial charge < -0.3 is 24.9 Å². The molecule has 8 heteroatoms. The first-order chi connectivity index (χ1) is 12.7. The first-order valence-corrected chi connectivity index (χ1v) is 9.00. The molecule has 2 bridgehead atoms. The van der Waals surface area contributed by atoms with E-state index < -0.39 is 0 Å². The molecule has 3 heterocycles. The van der Waals surface area contributed by atoms with Gasteiger partial charge in [0.2, 0.25) is 0 Å². The highest BCUT2D eigenvalue weighted by Gasteiger charge is 2.37. The number of carbonyl (C=O) groups excluding carboxylic acids is 1. The molecule has 2 fully saturated rings. The maximum absolute atomic E-state index is 12.9. The van der Waals surface area contributed by atoms with Crippen molar-refractivity contribution in [2.75, 3.05) is 38.7 Å². The number of ether oxygens (including phenoxy) is 1. The van der Waals surface area contributed by atoms with E-state index in [9.17, 15) is 4.79 Å². The second-order valence-electron chi connectivity index (χ2n) is 6.97. The maximum atomic E-state index is 12.9. The van der Waals surface area contributed by atoms with Crippen LogP contribution in [0, 0.1) is 0 Å². The SMILES string of the molecule is CN1C2COCC1CC(NC(=O)c1cccc3oc(NCCO)nc13)C2. The largest absolute Gasteiger partial charge is 0.424 e. The third-order valence-corrected chi connectivity index (χ3v) is 5.27. The van der Waals surface area contributed by atoms with Crippen LogP contribution in [-0.4, -0.2) is 72.4 Å². The third-order valence-electron chi connectivity index (χ3n) is 5.27. The molecule has 2 unspecified atom stereocenters. The van der Waals surface area contributed by atoms with E-state index in [0.29, 0.717) is 41.3 Å². The smallest absolute Gasteiger partial charge is 0.295 e. The Labute approximate surface area is 151 Å². The van der Waals surface area contributed by atoms with Crippen LogP contribution in [0.1, 0.15) is 23.2 Å². The number of hydrogen-bond acceptors (Lipinski definition) is 7. The number of benzene rings is 1. The zero-order valence-electron chi connectivity index (χ0n) is 14.8. The summed E-state index contributed by atoms with van der Waals surface area (Å²) in [5.41, 5.74) is 1.58. The fourth-order valence-electron chi connectivity index (χ4n) is 3.85. The summed E-state index contributed by atoms with van der Waals surface area (Å²) in [7, 11) is 2.13. The standard InChI is InChI=1S/C18H24N4O4/c1-22-12-7-11(8-13(22)10-25-9-12)20-17(24)14-3-2-4-15-16(14)21-18(26-15)19-5-6-23/h2-4,11-13,23H,5-10H2,1H3,(H,19,21)(H,20,24). The number of fused-ring (bicyclic) bond motifs is 3. The van der Waals surface area contributed by atoms with Crippen molar-refractivity contribution in [2.45, 2.75) is 31.0 Å². The Morgan fingerprint density at radius 2 is 2.12 bits per heavy atom. The first kappa shape index (κ1) is 17.3. The average Bonchev–Trinajstić information content (AvgIpc) is 3.03. The summed E-state index contributed by atoms with van der Waals surface area (Å²) >= 11 is 0. The van der Waals surface area contributed by atoms with Gasteiger partial charge in [0.25, 0.3) is 11.9 Å². The van der Waals surface area contributed by atoms with E-state index in [1.807, 2.05) is 0 Å². The Bertz CT molecular complexity index is 779. The van der Waals surface area contributed by atoms with E-state index in [4.69, 9.17) is 14.3 Å². The molecule has 2 aromatic rings. The van der Waals surface area contributed by atoms with Crippen LogP contribution in [0.4, 0.5) is 6.01 Å². The summed E-state index contributed by atoms with van der Waals surface area (Å²) in [5, 5.41) is 15.0. The van der Waals surface area contributed by atoms with Crippen LogP contribution in [0.2, 0.25) is 0 Å². The number of nitrogens with zero attached hydrogens (tertiary/aromatic N) is 2. The Morgan fingerprint density at radius 1 is 1.35 bits per heavy atom. The van der Waals surface area contributed by atoms with Crippen LogP contribution in [0.3, 0.4) is 0 Å². The van der Waals surface area contributed by atoms with Gasteiger partial charge >= 0.3 is 0 Å². The molecule has 2 aliphatic heterocycles. The molecule has 2 saturated heterocycles. The van der Waals surface area contributed by atoms with Gasteiger partial charge in [0.1, 0.15) is 5.52 Å². The van der Waals surface area contributed by atoms with Crippen LogP contribution in [0.5, 0.6) is 0 Å². The molecule has 4 rings (SSSR count). The van der Waals surface area contributed by atoms with Crippen molar-refractivity contribution in [3.63, 3.8) is 0 Å². The summed E-state index contributed by atoms with van der Waals surface area (Å²) in [6, 6.07) is 6.46. The lowest BCUT2D eigenvalue weighted by Crippen LogP contribution is -2.59. The lowest BCUT2D eigenvalue weighted by molar-refractivity contribution is -0.0670. The summed E-state index contributed by atoms with van der Waals surface area (Å²) in [5.74, 6) is -0.133. The van der Waals surface area contributed by atoms with Crippen molar-refractivity contribution in [3.8, 4) is 0 Å². The van der Waals surface area contributed by atoms with Gasteiger partial charge in [-0.15, -0.1) is 0 Å². The lowest BCUT2D eigenvalue weighted by Gasteiger charge is -2.46.